The lowest BCUT2D eigenvalue weighted by Crippen LogP contribution is -2.39. The Morgan fingerprint density at radius 2 is 1.44 bits per heavy atom. The van der Waals surface area contributed by atoms with E-state index in [4.69, 9.17) is 4.84 Å². The molecule has 2 aromatic carbocycles. The summed E-state index contributed by atoms with van der Waals surface area (Å²) in [5, 5.41) is 0.575. The van der Waals surface area contributed by atoms with Crippen LogP contribution in [0.4, 0.5) is 4.79 Å². The first-order valence-corrected chi connectivity index (χ1v) is 8.06. The van der Waals surface area contributed by atoms with E-state index in [-0.39, 0.29) is 18.9 Å². The summed E-state index contributed by atoms with van der Waals surface area (Å²) in [6, 6.07) is 15.4. The van der Waals surface area contributed by atoms with Crippen LogP contribution in [-0.2, 0) is 14.4 Å². The summed E-state index contributed by atoms with van der Waals surface area (Å²) in [6.07, 6.45) is -0.587. The van der Waals surface area contributed by atoms with E-state index in [9.17, 15) is 14.4 Å². The molecule has 0 N–H and O–H groups in total. The number of hydroxylamine groups is 2. The van der Waals surface area contributed by atoms with Crippen molar-refractivity contribution in [2.24, 2.45) is 0 Å². The number of rotatable bonds is 2. The lowest BCUT2D eigenvalue weighted by molar-refractivity contribution is -0.173. The van der Waals surface area contributed by atoms with Gasteiger partial charge in [-0.1, -0.05) is 48.5 Å². The molecular weight excluding hydrogens is 320 g/mol. The maximum absolute atomic E-state index is 12.6. The normalized spacial score (nSPS) is 16.0. The predicted octanol–water partition coefficient (Wildman–Crippen LogP) is 2.89. The minimum absolute atomic E-state index is 0.0743. The Labute approximate surface area is 144 Å². The second-order valence-corrected chi connectivity index (χ2v) is 6.13. The molecule has 1 aliphatic carbocycles. The Morgan fingerprint density at radius 1 is 0.960 bits per heavy atom. The Balaban J connectivity index is 1.66. The molecule has 0 atom stereocenters. The highest BCUT2D eigenvalue weighted by atomic mass is 16.7. The molecule has 2 aliphatic rings. The molecule has 0 saturated carbocycles. The zero-order valence-electron chi connectivity index (χ0n) is 13.6. The van der Waals surface area contributed by atoms with Crippen LogP contribution in [0.15, 0.2) is 48.5 Å². The molecule has 0 unspecified atom stereocenters. The van der Waals surface area contributed by atoms with Crippen LogP contribution >= 0.6 is 0 Å². The predicted molar refractivity (Wildman–Crippen MR) is 89.1 cm³/mol. The number of carbonyl (C=O) groups excluding carboxylic acids is 3. The maximum atomic E-state index is 12.6. The number of benzene rings is 2. The Hall–Kier alpha value is -3.15. The molecular formula is C19H16N2O4. The van der Waals surface area contributed by atoms with E-state index in [1.165, 1.54) is 4.90 Å². The third-order valence-corrected chi connectivity index (χ3v) is 4.65. The number of fused-ring (bicyclic) bond motifs is 3. The second kappa shape index (κ2) is 5.73. The molecule has 0 bridgehead atoms. The number of nitrogens with zero attached hydrogens (tertiary/aromatic N) is 2. The fourth-order valence-electron chi connectivity index (χ4n) is 3.45. The summed E-state index contributed by atoms with van der Waals surface area (Å²) in [5.74, 6) is -0.974. The maximum Gasteiger partial charge on any atom is 0.435 e. The Morgan fingerprint density at radius 3 is 1.96 bits per heavy atom. The van der Waals surface area contributed by atoms with Crippen molar-refractivity contribution in [2.45, 2.75) is 18.9 Å². The molecule has 2 aromatic rings. The minimum atomic E-state index is -0.736. The molecule has 0 spiro atoms. The van der Waals surface area contributed by atoms with E-state index in [1.807, 2.05) is 48.5 Å². The van der Waals surface area contributed by atoms with Gasteiger partial charge in [0.1, 0.15) is 0 Å². The van der Waals surface area contributed by atoms with Crippen LogP contribution in [0, 0.1) is 0 Å². The third kappa shape index (κ3) is 2.38. The van der Waals surface area contributed by atoms with Gasteiger partial charge in [-0.05, 0) is 22.3 Å². The molecule has 0 aromatic heterocycles. The fraction of sp³-hybridized carbons (Fsp3) is 0.211. The van der Waals surface area contributed by atoms with Crippen molar-refractivity contribution in [1.29, 1.82) is 0 Å². The number of imide groups is 1. The van der Waals surface area contributed by atoms with Gasteiger partial charge in [-0.25, -0.2) is 4.79 Å². The summed E-state index contributed by atoms with van der Waals surface area (Å²) >= 11 is 0. The van der Waals surface area contributed by atoms with Crippen LogP contribution in [-0.4, -0.2) is 34.9 Å². The van der Waals surface area contributed by atoms with E-state index >= 15 is 0 Å². The van der Waals surface area contributed by atoms with Crippen molar-refractivity contribution in [3.8, 4) is 11.1 Å². The van der Waals surface area contributed by atoms with Gasteiger partial charge >= 0.3 is 6.09 Å². The smallest absolute Gasteiger partial charge is 0.311 e. The molecule has 4 rings (SSSR count). The number of hydrogen-bond donors (Lipinski definition) is 0. The van der Waals surface area contributed by atoms with Crippen molar-refractivity contribution in [3.05, 3.63) is 59.7 Å². The molecule has 1 fully saturated rings. The van der Waals surface area contributed by atoms with Crippen molar-refractivity contribution in [3.63, 3.8) is 0 Å². The highest BCUT2D eigenvalue weighted by Crippen LogP contribution is 2.45. The first kappa shape index (κ1) is 15.4. The van der Waals surface area contributed by atoms with Crippen LogP contribution in [0.2, 0.25) is 0 Å². The molecule has 3 amide bonds. The second-order valence-electron chi connectivity index (χ2n) is 6.13. The molecule has 0 radical (unpaired) electrons. The monoisotopic (exact) mass is 336 g/mol. The van der Waals surface area contributed by atoms with E-state index in [0.717, 1.165) is 22.3 Å². The van der Waals surface area contributed by atoms with E-state index in [0.29, 0.717) is 5.06 Å². The van der Waals surface area contributed by atoms with Gasteiger partial charge in [0.25, 0.3) is 11.8 Å². The summed E-state index contributed by atoms with van der Waals surface area (Å²) in [7, 11) is 1.61. The van der Waals surface area contributed by atoms with Crippen LogP contribution in [0.3, 0.4) is 0 Å². The van der Waals surface area contributed by atoms with Crippen molar-refractivity contribution in [2.75, 3.05) is 7.05 Å². The van der Waals surface area contributed by atoms with Crippen molar-refractivity contribution < 1.29 is 19.2 Å². The van der Waals surface area contributed by atoms with Gasteiger partial charge in [0.05, 0.1) is 6.04 Å². The molecule has 126 valence electrons. The quantitative estimate of drug-likeness (QED) is 0.791. The number of carbonyl (C=O) groups is 3. The van der Waals surface area contributed by atoms with Crippen LogP contribution in [0.25, 0.3) is 11.1 Å². The van der Waals surface area contributed by atoms with Gasteiger partial charge in [-0.15, -0.1) is 5.06 Å². The van der Waals surface area contributed by atoms with Gasteiger partial charge in [0.2, 0.25) is 0 Å². The topological polar surface area (TPSA) is 66.9 Å². The van der Waals surface area contributed by atoms with E-state index in [1.54, 1.807) is 7.05 Å². The van der Waals surface area contributed by atoms with E-state index < -0.39 is 17.9 Å². The lowest BCUT2D eigenvalue weighted by Gasteiger charge is -2.26. The molecule has 1 saturated heterocycles. The standard InChI is InChI=1S/C19H16N2O4/c1-20(19(24)25-21-16(22)10-11-17(21)23)18-14-8-4-2-6-12(14)13-7-3-5-9-15(13)18/h2-9,18H,10-11H2,1H3. The average molecular weight is 336 g/mol. The molecule has 6 heteroatoms. The summed E-state index contributed by atoms with van der Waals surface area (Å²) in [4.78, 5) is 42.4. The van der Waals surface area contributed by atoms with Crippen LogP contribution in [0.5, 0.6) is 0 Å². The fourth-order valence-corrected chi connectivity index (χ4v) is 3.45. The third-order valence-electron chi connectivity index (χ3n) is 4.65. The number of hydrogen-bond acceptors (Lipinski definition) is 4. The zero-order valence-corrected chi connectivity index (χ0v) is 13.6. The zero-order chi connectivity index (χ0) is 17.6. The summed E-state index contributed by atoms with van der Waals surface area (Å²) in [6.45, 7) is 0. The molecule has 25 heavy (non-hydrogen) atoms. The van der Waals surface area contributed by atoms with Crippen LogP contribution < -0.4 is 0 Å². The first-order chi connectivity index (χ1) is 12.1. The van der Waals surface area contributed by atoms with Crippen molar-refractivity contribution >= 4 is 17.9 Å². The molecule has 1 aliphatic heterocycles. The van der Waals surface area contributed by atoms with Crippen LogP contribution in [0.1, 0.15) is 30.0 Å². The Kier molecular flexibility index (Phi) is 3.53. The largest absolute Gasteiger partial charge is 0.435 e. The lowest BCUT2D eigenvalue weighted by atomic mass is 10.0. The minimum Gasteiger partial charge on any atom is -0.311 e. The van der Waals surface area contributed by atoms with Gasteiger partial charge in [-0.2, -0.15) is 0 Å². The van der Waals surface area contributed by atoms with Gasteiger partial charge in [-0.3, -0.25) is 14.5 Å². The average Bonchev–Trinajstić information content (AvgIpc) is 3.13. The van der Waals surface area contributed by atoms with Gasteiger partial charge in [0.15, 0.2) is 0 Å². The summed E-state index contributed by atoms with van der Waals surface area (Å²) < 4.78 is 0. The Bertz CT molecular complexity index is 831. The molecule has 1 heterocycles. The van der Waals surface area contributed by atoms with Crippen molar-refractivity contribution in [1.82, 2.24) is 9.96 Å². The highest BCUT2D eigenvalue weighted by Gasteiger charge is 2.38. The SMILES string of the molecule is CN(C(=O)ON1C(=O)CCC1=O)C1c2ccccc2-c2ccccc21. The van der Waals surface area contributed by atoms with E-state index in [2.05, 4.69) is 0 Å². The molecule has 6 nitrogen and oxygen atoms in total. The summed E-state index contributed by atoms with van der Waals surface area (Å²) in [5.41, 5.74) is 4.11. The van der Waals surface area contributed by atoms with Gasteiger partial charge < -0.3 is 4.84 Å². The highest BCUT2D eigenvalue weighted by molar-refractivity contribution is 6.01. The number of amides is 3. The van der Waals surface area contributed by atoms with Gasteiger partial charge in [0, 0.05) is 19.9 Å². The first-order valence-electron chi connectivity index (χ1n) is 8.06.